The molecule has 0 unspecified atom stereocenters. The fourth-order valence-corrected chi connectivity index (χ4v) is 4.21. The predicted octanol–water partition coefficient (Wildman–Crippen LogP) is -5.73. The molecule has 0 bridgehead atoms. The number of unbranched alkanes of at least 4 members (excludes halogenated alkanes) is 8. The molecule has 2 saturated heterocycles. The molecule has 8 N–H and O–H groups in total. The van der Waals surface area contributed by atoms with Gasteiger partial charge in [-0.1, -0.05) is 58.3 Å². The molecule has 2 fully saturated rings. The molecule has 0 saturated carbocycles. The first-order chi connectivity index (χ1) is 17.6. The molecule has 0 aliphatic carbocycles. The van der Waals surface area contributed by atoms with Crippen molar-refractivity contribution in [3.05, 3.63) is 0 Å². The molecule has 2 heterocycles. The van der Waals surface area contributed by atoms with Crippen molar-refractivity contribution >= 4 is 5.97 Å². The number of aliphatic carboxylic acids is 1. The van der Waals surface area contributed by atoms with Gasteiger partial charge in [0.05, 0.1) is 13.2 Å². The Bertz CT molecular complexity index is 628. The molecule has 9 atom stereocenters. The molecule has 14 heteroatoms. The number of aliphatic hydroxyl groups excluding tert-OH is 8. The van der Waals surface area contributed by atoms with E-state index in [1.807, 2.05) is 0 Å². The van der Waals surface area contributed by atoms with E-state index < -0.39 is 80.6 Å². The van der Waals surface area contributed by atoms with Crippen molar-refractivity contribution in [2.45, 2.75) is 126 Å². The monoisotopic (exact) mass is 564 g/mol. The quantitative estimate of drug-likeness (QED) is 0.0686. The summed E-state index contributed by atoms with van der Waals surface area (Å²) in [6.45, 7) is -0.100. The molecule has 2 aliphatic rings. The Morgan fingerprint density at radius 3 is 1.76 bits per heavy atom. The van der Waals surface area contributed by atoms with E-state index in [9.17, 15) is 40.5 Å². The summed E-state index contributed by atoms with van der Waals surface area (Å²) >= 11 is 0. The minimum Gasteiger partial charge on any atom is -0.550 e. The second-order valence-electron chi connectivity index (χ2n) is 9.51. The van der Waals surface area contributed by atoms with Gasteiger partial charge in [0.25, 0.3) is 0 Å². The fraction of sp³-hybridized carbons (Fsp3) is 0.958. The standard InChI is InChI=1S/C12H22O11.C12H24O2.Na/c13-1-4-6(16)8(18)9(19)11(21-4)23-12(3-15)10(20)7(17)5(2-14)22-12;1-2-3-4-5-6-7-8-9-10-11-12(13)14;/h4-11,13-20H,1-3H2;2-11H2,1H3,(H,13,14);/q;;+1/p-1/t4-,5-,6-,7-,8+,9-,10+,11-,12+;;/m1../s1. The Labute approximate surface area is 245 Å². The second-order valence-corrected chi connectivity index (χ2v) is 9.51. The SMILES string of the molecule is CCCCCCCCCCCC(=O)[O-].OC[C@H]1O[C@@](CO)(O[C@H]2O[C@H](CO)[C@@H](O)[C@H](O)[C@H]2O)[C@@H](O)[C@@H]1O.[Na+]. The minimum atomic E-state index is -2.22. The zero-order chi connectivity index (χ0) is 28.0. The van der Waals surface area contributed by atoms with Crippen LogP contribution in [0.1, 0.15) is 71.1 Å². The molecule has 0 radical (unpaired) electrons. The summed E-state index contributed by atoms with van der Waals surface area (Å²) in [7, 11) is 0. The van der Waals surface area contributed by atoms with Gasteiger partial charge in [-0.2, -0.15) is 0 Å². The summed E-state index contributed by atoms with van der Waals surface area (Å²) in [6.07, 6.45) is -1.49. The van der Waals surface area contributed by atoms with E-state index >= 15 is 0 Å². The molecule has 0 spiro atoms. The van der Waals surface area contributed by atoms with Crippen LogP contribution in [0.5, 0.6) is 0 Å². The first kappa shape index (κ1) is 38.0. The maximum absolute atomic E-state index is 10.1. The molecule has 2 aliphatic heterocycles. The van der Waals surface area contributed by atoms with Gasteiger partial charge in [-0.25, -0.2) is 0 Å². The molecule has 220 valence electrons. The maximum Gasteiger partial charge on any atom is 1.00 e. The van der Waals surface area contributed by atoms with Crippen LogP contribution in [-0.2, 0) is 19.0 Å². The van der Waals surface area contributed by atoms with Gasteiger partial charge in [0, 0.05) is 5.97 Å². The molecule has 0 aromatic heterocycles. The Hall–Kier alpha value is 0.0300. The molecular weight excluding hydrogens is 519 g/mol. The van der Waals surface area contributed by atoms with Crippen LogP contribution < -0.4 is 34.7 Å². The smallest absolute Gasteiger partial charge is 0.550 e. The Balaban J connectivity index is 0.000000792. The number of rotatable bonds is 15. The number of carboxylic acids is 1. The molecular formula is C24H45NaO13. The van der Waals surface area contributed by atoms with Crippen LogP contribution in [0.2, 0.25) is 0 Å². The number of ether oxygens (including phenoxy) is 3. The van der Waals surface area contributed by atoms with Gasteiger partial charge in [-0.05, 0) is 12.8 Å². The predicted molar refractivity (Wildman–Crippen MR) is 125 cm³/mol. The normalized spacial score (nSPS) is 34.8. The van der Waals surface area contributed by atoms with Crippen molar-refractivity contribution in [1.82, 2.24) is 0 Å². The first-order valence-electron chi connectivity index (χ1n) is 13.0. The third kappa shape index (κ3) is 11.5. The minimum absolute atomic E-state index is 0. The van der Waals surface area contributed by atoms with Gasteiger partial charge in [0.2, 0.25) is 5.79 Å². The van der Waals surface area contributed by atoms with Gasteiger partial charge in [-0.15, -0.1) is 0 Å². The molecule has 0 aromatic carbocycles. The van der Waals surface area contributed by atoms with Crippen molar-refractivity contribution in [1.29, 1.82) is 0 Å². The van der Waals surface area contributed by atoms with E-state index in [4.69, 9.17) is 24.4 Å². The van der Waals surface area contributed by atoms with Crippen molar-refractivity contribution in [3.63, 3.8) is 0 Å². The van der Waals surface area contributed by atoms with Crippen LogP contribution in [0.25, 0.3) is 0 Å². The van der Waals surface area contributed by atoms with E-state index in [1.165, 1.54) is 44.9 Å². The molecule has 2 rings (SSSR count). The average molecular weight is 565 g/mol. The number of carbonyl (C=O) groups excluding carboxylic acids is 1. The largest absolute Gasteiger partial charge is 1.00 e. The third-order valence-electron chi connectivity index (χ3n) is 6.55. The van der Waals surface area contributed by atoms with Crippen molar-refractivity contribution < 1.29 is 94.5 Å². The number of aliphatic hydroxyl groups is 8. The van der Waals surface area contributed by atoms with E-state index in [0.717, 1.165) is 12.8 Å². The van der Waals surface area contributed by atoms with Crippen molar-refractivity contribution in [2.24, 2.45) is 0 Å². The summed E-state index contributed by atoms with van der Waals surface area (Å²) in [5, 5.41) is 86.8. The summed E-state index contributed by atoms with van der Waals surface area (Å²) in [5.41, 5.74) is 0. The van der Waals surface area contributed by atoms with E-state index in [0.29, 0.717) is 0 Å². The number of hydrogen-bond acceptors (Lipinski definition) is 13. The van der Waals surface area contributed by atoms with Crippen LogP contribution in [-0.4, -0.2) is 121 Å². The second kappa shape index (κ2) is 20.0. The molecule has 13 nitrogen and oxygen atoms in total. The Morgan fingerprint density at radius 2 is 1.32 bits per heavy atom. The van der Waals surface area contributed by atoms with Gasteiger partial charge >= 0.3 is 29.6 Å². The number of carbonyl (C=O) groups is 1. The topological polar surface area (TPSA) is 230 Å². The Morgan fingerprint density at radius 1 is 0.789 bits per heavy atom. The molecule has 0 aromatic rings. The molecule has 38 heavy (non-hydrogen) atoms. The van der Waals surface area contributed by atoms with Crippen molar-refractivity contribution in [2.75, 3.05) is 19.8 Å². The fourth-order valence-electron chi connectivity index (χ4n) is 4.21. The van der Waals surface area contributed by atoms with E-state index in [2.05, 4.69) is 6.92 Å². The summed E-state index contributed by atoms with van der Waals surface area (Å²) in [4.78, 5) is 10.1. The third-order valence-corrected chi connectivity index (χ3v) is 6.55. The van der Waals surface area contributed by atoms with Crippen LogP contribution in [0.15, 0.2) is 0 Å². The summed E-state index contributed by atoms with van der Waals surface area (Å²) in [5.74, 6) is -3.13. The van der Waals surface area contributed by atoms with Crippen LogP contribution in [0.4, 0.5) is 0 Å². The van der Waals surface area contributed by atoms with Crippen LogP contribution in [0, 0.1) is 0 Å². The summed E-state index contributed by atoms with van der Waals surface area (Å²) in [6, 6.07) is 0. The first-order valence-corrected chi connectivity index (χ1v) is 13.0. The van der Waals surface area contributed by atoms with Crippen LogP contribution in [0.3, 0.4) is 0 Å². The average Bonchev–Trinajstić information content (AvgIpc) is 3.13. The summed E-state index contributed by atoms with van der Waals surface area (Å²) < 4.78 is 15.4. The van der Waals surface area contributed by atoms with Crippen molar-refractivity contribution in [3.8, 4) is 0 Å². The van der Waals surface area contributed by atoms with Gasteiger partial charge in [0.15, 0.2) is 6.29 Å². The van der Waals surface area contributed by atoms with Crippen LogP contribution >= 0.6 is 0 Å². The van der Waals surface area contributed by atoms with E-state index in [1.54, 1.807) is 0 Å². The molecule has 0 amide bonds. The number of hydrogen-bond donors (Lipinski definition) is 8. The Kier molecular flexibility index (Phi) is 20.0. The van der Waals surface area contributed by atoms with E-state index in [-0.39, 0.29) is 36.0 Å². The maximum atomic E-state index is 10.1. The zero-order valence-electron chi connectivity index (χ0n) is 22.4. The van der Waals surface area contributed by atoms with Gasteiger partial charge < -0.3 is 65.0 Å². The number of carboxylic acid groups (broad SMARTS) is 1. The zero-order valence-corrected chi connectivity index (χ0v) is 24.4. The van der Waals surface area contributed by atoms with Gasteiger partial charge in [0.1, 0.15) is 49.3 Å². The van der Waals surface area contributed by atoms with Gasteiger partial charge in [-0.3, -0.25) is 0 Å².